The van der Waals surface area contributed by atoms with E-state index < -0.39 is 5.97 Å². The largest absolute Gasteiger partial charge is 0.478 e. The quantitative estimate of drug-likeness (QED) is 0.824. The third kappa shape index (κ3) is 2.04. The van der Waals surface area contributed by atoms with Crippen LogP contribution in [0, 0.1) is 0 Å². The highest BCUT2D eigenvalue weighted by Gasteiger charge is 2.01. The number of thiophene rings is 1. The van der Waals surface area contributed by atoms with Crippen molar-refractivity contribution in [2.45, 2.75) is 6.54 Å². The summed E-state index contributed by atoms with van der Waals surface area (Å²) in [5, 5.41) is 11.0. The summed E-state index contributed by atoms with van der Waals surface area (Å²) in [5.74, 6) is -1.01. The fourth-order valence-corrected chi connectivity index (χ4v) is 2.19. The predicted molar refractivity (Wildman–Crippen MR) is 62.9 cm³/mol. The molecule has 2 aromatic rings. The van der Waals surface area contributed by atoms with Crippen LogP contribution in [0.5, 0.6) is 0 Å². The van der Waals surface area contributed by atoms with Crippen LogP contribution in [0.2, 0.25) is 0 Å². The van der Waals surface area contributed by atoms with E-state index in [1.807, 2.05) is 11.4 Å². The number of aromatic nitrogens is 1. The first-order chi connectivity index (χ1) is 7.68. The van der Waals surface area contributed by atoms with E-state index in [9.17, 15) is 9.59 Å². The van der Waals surface area contributed by atoms with Gasteiger partial charge in [0.25, 0.3) is 5.56 Å². The zero-order chi connectivity index (χ0) is 11.5. The lowest BCUT2D eigenvalue weighted by atomic mass is 10.3. The molecule has 0 saturated heterocycles. The van der Waals surface area contributed by atoms with Crippen LogP contribution in [0.25, 0.3) is 10.1 Å². The van der Waals surface area contributed by atoms with Gasteiger partial charge in [-0.25, -0.2) is 4.79 Å². The summed E-state index contributed by atoms with van der Waals surface area (Å²) in [6.07, 6.45) is 4.15. The number of rotatable bonds is 3. The van der Waals surface area contributed by atoms with Gasteiger partial charge in [0.1, 0.15) is 0 Å². The zero-order valence-corrected chi connectivity index (χ0v) is 9.11. The Morgan fingerprint density at radius 1 is 1.50 bits per heavy atom. The van der Waals surface area contributed by atoms with Crippen molar-refractivity contribution in [1.29, 1.82) is 0 Å². The van der Waals surface area contributed by atoms with E-state index in [1.165, 1.54) is 22.0 Å². The number of pyridine rings is 1. The Balaban J connectivity index is 2.35. The number of fused-ring (bicyclic) bond motifs is 1. The topological polar surface area (TPSA) is 59.3 Å². The summed E-state index contributed by atoms with van der Waals surface area (Å²) in [6, 6.07) is 3.63. The molecule has 1 N–H and O–H groups in total. The van der Waals surface area contributed by atoms with Crippen molar-refractivity contribution in [3.8, 4) is 0 Å². The van der Waals surface area contributed by atoms with Crippen molar-refractivity contribution in [1.82, 2.24) is 4.57 Å². The van der Waals surface area contributed by atoms with Crippen LogP contribution in [0.1, 0.15) is 0 Å². The Hall–Kier alpha value is -1.88. The highest BCUT2D eigenvalue weighted by atomic mass is 32.1. The number of nitrogens with zero attached hydrogens (tertiary/aromatic N) is 1. The van der Waals surface area contributed by atoms with Gasteiger partial charge in [-0.15, -0.1) is 11.3 Å². The average Bonchev–Trinajstić information content (AvgIpc) is 2.69. The lowest BCUT2D eigenvalue weighted by Crippen LogP contribution is -2.17. The van der Waals surface area contributed by atoms with Gasteiger partial charge in [0.15, 0.2) is 0 Å². The molecule has 0 aliphatic rings. The van der Waals surface area contributed by atoms with Crippen LogP contribution in [-0.2, 0) is 11.3 Å². The molecule has 82 valence electrons. The SMILES string of the molecule is O=C(O)/C=C/Cn1ccc2sccc2c1=O. The molecule has 0 aliphatic carbocycles. The first kappa shape index (κ1) is 10.6. The van der Waals surface area contributed by atoms with Gasteiger partial charge >= 0.3 is 5.97 Å². The van der Waals surface area contributed by atoms with Crippen LogP contribution in [0.3, 0.4) is 0 Å². The summed E-state index contributed by atoms with van der Waals surface area (Å²) in [7, 11) is 0. The second-order valence-electron chi connectivity index (χ2n) is 3.21. The van der Waals surface area contributed by atoms with Crippen LogP contribution >= 0.6 is 11.3 Å². The third-order valence-electron chi connectivity index (χ3n) is 2.15. The Morgan fingerprint density at radius 3 is 3.06 bits per heavy atom. The van der Waals surface area contributed by atoms with Crippen molar-refractivity contribution in [2.24, 2.45) is 0 Å². The molecule has 0 fully saturated rings. The van der Waals surface area contributed by atoms with Crippen molar-refractivity contribution >= 4 is 27.4 Å². The minimum atomic E-state index is -1.01. The summed E-state index contributed by atoms with van der Waals surface area (Å²) in [4.78, 5) is 22.1. The predicted octanol–water partition coefficient (Wildman–Crippen LogP) is 1.70. The van der Waals surface area contributed by atoms with Gasteiger partial charge in [-0.05, 0) is 17.5 Å². The van der Waals surface area contributed by atoms with Gasteiger partial charge in [-0.1, -0.05) is 6.08 Å². The van der Waals surface area contributed by atoms with E-state index in [-0.39, 0.29) is 12.1 Å². The number of allylic oxidation sites excluding steroid dienone is 1. The molecule has 0 amide bonds. The zero-order valence-electron chi connectivity index (χ0n) is 8.29. The molecule has 0 bridgehead atoms. The minimum absolute atomic E-state index is 0.0891. The Bertz CT molecular complexity index is 609. The van der Waals surface area contributed by atoms with Gasteiger partial charge in [0.2, 0.25) is 0 Å². The van der Waals surface area contributed by atoms with Crippen molar-refractivity contribution in [3.63, 3.8) is 0 Å². The number of aliphatic carboxylic acids is 1. The number of hydrogen-bond acceptors (Lipinski definition) is 3. The molecule has 16 heavy (non-hydrogen) atoms. The standard InChI is InChI=1S/C11H9NO3S/c13-10(14)2-1-5-12-6-3-9-8(11(12)15)4-7-16-9/h1-4,6-7H,5H2,(H,13,14)/b2-1+. The van der Waals surface area contributed by atoms with E-state index >= 15 is 0 Å². The maximum atomic E-state index is 11.9. The lowest BCUT2D eigenvalue weighted by Gasteiger charge is -2.00. The highest BCUT2D eigenvalue weighted by Crippen LogP contribution is 2.15. The van der Waals surface area contributed by atoms with Gasteiger partial charge < -0.3 is 9.67 Å². The molecular formula is C11H9NO3S. The Labute approximate surface area is 95.1 Å². The summed E-state index contributed by atoms with van der Waals surface area (Å²) in [6.45, 7) is 0.275. The molecule has 5 heteroatoms. The van der Waals surface area contributed by atoms with Gasteiger partial charge in [0, 0.05) is 23.5 Å². The Kier molecular flexibility index (Phi) is 2.87. The third-order valence-corrected chi connectivity index (χ3v) is 3.04. The molecule has 0 spiro atoms. The molecule has 2 aromatic heterocycles. The van der Waals surface area contributed by atoms with Crippen LogP contribution in [0.4, 0.5) is 0 Å². The fourth-order valence-electron chi connectivity index (χ4n) is 1.42. The number of carboxylic acid groups (broad SMARTS) is 1. The van der Waals surface area contributed by atoms with Gasteiger partial charge in [-0.2, -0.15) is 0 Å². The van der Waals surface area contributed by atoms with Gasteiger partial charge in [0.05, 0.1) is 5.39 Å². The molecule has 0 saturated carbocycles. The normalized spacial score (nSPS) is 11.2. The smallest absolute Gasteiger partial charge is 0.328 e. The van der Waals surface area contributed by atoms with E-state index in [2.05, 4.69) is 0 Å². The first-order valence-corrected chi connectivity index (χ1v) is 5.52. The van der Waals surface area contributed by atoms with E-state index in [1.54, 1.807) is 12.3 Å². The highest BCUT2D eigenvalue weighted by molar-refractivity contribution is 7.17. The van der Waals surface area contributed by atoms with E-state index in [0.29, 0.717) is 5.39 Å². The van der Waals surface area contributed by atoms with E-state index in [0.717, 1.165) is 10.8 Å². The number of carbonyl (C=O) groups is 1. The van der Waals surface area contributed by atoms with Crippen LogP contribution in [0.15, 0.2) is 40.7 Å². The first-order valence-electron chi connectivity index (χ1n) is 4.64. The lowest BCUT2D eigenvalue weighted by molar-refractivity contribution is -0.131. The second kappa shape index (κ2) is 4.32. The van der Waals surface area contributed by atoms with Crippen molar-refractivity contribution in [3.05, 3.63) is 46.2 Å². The monoisotopic (exact) mass is 235 g/mol. The average molecular weight is 235 g/mol. The molecule has 2 rings (SSSR count). The molecular weight excluding hydrogens is 226 g/mol. The van der Waals surface area contributed by atoms with Crippen molar-refractivity contribution < 1.29 is 9.90 Å². The van der Waals surface area contributed by atoms with E-state index in [4.69, 9.17) is 5.11 Å². The molecule has 0 aromatic carbocycles. The summed E-state index contributed by atoms with van der Waals surface area (Å²) < 4.78 is 2.43. The molecule has 0 unspecified atom stereocenters. The summed E-state index contributed by atoms with van der Waals surface area (Å²) >= 11 is 1.51. The maximum Gasteiger partial charge on any atom is 0.328 e. The minimum Gasteiger partial charge on any atom is -0.478 e. The second-order valence-corrected chi connectivity index (χ2v) is 4.16. The molecule has 4 nitrogen and oxygen atoms in total. The summed E-state index contributed by atoms with van der Waals surface area (Å²) in [5.41, 5.74) is -0.0891. The molecule has 0 atom stereocenters. The Morgan fingerprint density at radius 2 is 2.31 bits per heavy atom. The molecule has 0 aliphatic heterocycles. The molecule has 0 radical (unpaired) electrons. The van der Waals surface area contributed by atoms with Crippen LogP contribution < -0.4 is 5.56 Å². The number of hydrogen-bond donors (Lipinski definition) is 1. The molecule has 2 heterocycles. The fraction of sp³-hybridized carbons (Fsp3) is 0.0909. The number of carboxylic acids is 1. The van der Waals surface area contributed by atoms with Crippen molar-refractivity contribution in [2.75, 3.05) is 0 Å². The maximum absolute atomic E-state index is 11.9. The van der Waals surface area contributed by atoms with Crippen LogP contribution in [-0.4, -0.2) is 15.6 Å². The van der Waals surface area contributed by atoms with Gasteiger partial charge in [-0.3, -0.25) is 4.79 Å².